The topological polar surface area (TPSA) is 157 Å². The van der Waals surface area contributed by atoms with Gasteiger partial charge in [0.05, 0.1) is 14.2 Å². The van der Waals surface area contributed by atoms with Crippen molar-refractivity contribution in [1.29, 1.82) is 0 Å². The molecule has 0 fully saturated rings. The molecule has 1 N–H and O–H groups in total. The van der Waals surface area contributed by atoms with Crippen molar-refractivity contribution in [3.05, 3.63) is 118 Å². The van der Waals surface area contributed by atoms with E-state index in [9.17, 15) is 9.59 Å². The van der Waals surface area contributed by atoms with Crippen LogP contribution in [-0.4, -0.2) is 47.7 Å². The number of methoxy groups -OCH3 is 2. The first kappa shape index (κ1) is 45.1. The molecular formula is C29H28Br2K2N2O9. The van der Waals surface area contributed by atoms with Gasteiger partial charge in [0.25, 0.3) is 6.47 Å². The van der Waals surface area contributed by atoms with Gasteiger partial charge in [0, 0.05) is 11.5 Å². The number of hydrogen-bond acceptors (Lipinski definition) is 11. The molecule has 44 heavy (non-hydrogen) atoms. The van der Waals surface area contributed by atoms with Crippen LogP contribution in [0.15, 0.2) is 95.7 Å². The Labute approximate surface area is 358 Å². The quantitative estimate of drug-likeness (QED) is 0.0463. The van der Waals surface area contributed by atoms with Crippen LogP contribution in [0.25, 0.3) is 0 Å². The van der Waals surface area contributed by atoms with Crippen LogP contribution < -0.4 is 113 Å². The zero-order valence-electron chi connectivity index (χ0n) is 25.5. The standard InChI is InChI=1S/C14H12BrNO3.C7H7Br.C7H7NO3.CH2O3.2K.H/c1-18-14(17)13-11(7-8-12(15)16-13)19-9-10-5-3-2-4-6-10;8-6-7-4-2-1-3-5-7;1-11-7(10)6-5(9)3-2-4-8-6;2-1-4-3;;;/h2-8H,9H2,1H3;1-5H,6H2;2-4,9H,1H3;1,3H;;;/q;;;;2*+1;-1/p-1. The Balaban J connectivity index is -0.000000581. The van der Waals surface area contributed by atoms with Crippen molar-refractivity contribution in [3.8, 4) is 11.5 Å². The number of carbonyl (C=O) groups is 3. The van der Waals surface area contributed by atoms with Crippen LogP contribution in [0.4, 0.5) is 0 Å². The molecule has 0 unspecified atom stereocenters. The maximum Gasteiger partial charge on any atom is 1.00 e. The predicted octanol–water partition coefficient (Wildman–Crippen LogP) is -1.08. The molecule has 0 aliphatic rings. The summed E-state index contributed by atoms with van der Waals surface area (Å²) in [5.74, 6) is -0.925. The summed E-state index contributed by atoms with van der Waals surface area (Å²) in [6.45, 7) is 0.189. The number of nitrogens with zero attached hydrogens (tertiary/aromatic N) is 2. The van der Waals surface area contributed by atoms with Crippen molar-refractivity contribution in [3.63, 3.8) is 0 Å². The molecule has 4 rings (SSSR count). The van der Waals surface area contributed by atoms with Crippen LogP contribution >= 0.6 is 31.9 Å². The van der Waals surface area contributed by atoms with E-state index in [1.54, 1.807) is 12.1 Å². The van der Waals surface area contributed by atoms with E-state index >= 15 is 0 Å². The zero-order valence-corrected chi connectivity index (χ0v) is 33.9. The van der Waals surface area contributed by atoms with Crippen molar-refractivity contribution < 1.29 is 148 Å². The molecule has 0 bridgehead atoms. The molecule has 2 aromatic carbocycles. The summed E-state index contributed by atoms with van der Waals surface area (Å²) in [7, 11) is 2.54. The fraction of sp³-hybridized carbons (Fsp3) is 0.138. The summed E-state index contributed by atoms with van der Waals surface area (Å²) >= 11 is 6.57. The molecule has 0 spiro atoms. The number of carbonyl (C=O) groups excluding carboxylic acids is 3. The molecule has 0 atom stereocenters. The smallest absolute Gasteiger partial charge is 1.00 e. The van der Waals surface area contributed by atoms with Gasteiger partial charge in [0.15, 0.2) is 17.1 Å². The molecule has 224 valence electrons. The molecule has 0 aliphatic heterocycles. The van der Waals surface area contributed by atoms with Crippen LogP contribution in [-0.2, 0) is 31.1 Å². The van der Waals surface area contributed by atoms with Gasteiger partial charge in [-0.3, -0.25) is 4.79 Å². The van der Waals surface area contributed by atoms with E-state index in [1.165, 1.54) is 38.1 Å². The van der Waals surface area contributed by atoms with E-state index in [-0.39, 0.29) is 128 Å². The second kappa shape index (κ2) is 28.2. The minimum Gasteiger partial charge on any atom is -1.00 e. The van der Waals surface area contributed by atoms with Crippen molar-refractivity contribution >= 4 is 50.3 Å². The Morgan fingerprint density at radius 2 is 1.39 bits per heavy atom. The molecule has 2 heterocycles. The first-order valence-corrected chi connectivity index (χ1v) is 13.7. The van der Waals surface area contributed by atoms with Gasteiger partial charge >= 0.3 is 115 Å². The van der Waals surface area contributed by atoms with Gasteiger partial charge in [-0.05, 0) is 51.3 Å². The van der Waals surface area contributed by atoms with Crippen LogP contribution in [0.1, 0.15) is 33.5 Å². The third kappa shape index (κ3) is 18.8. The largest absolute Gasteiger partial charge is 1.00 e. The van der Waals surface area contributed by atoms with E-state index < -0.39 is 11.9 Å². The van der Waals surface area contributed by atoms with Crippen molar-refractivity contribution in [2.24, 2.45) is 0 Å². The maximum atomic E-state index is 11.6. The molecule has 2 aromatic heterocycles. The van der Waals surface area contributed by atoms with Gasteiger partial charge in [-0.2, -0.15) is 0 Å². The van der Waals surface area contributed by atoms with Gasteiger partial charge < -0.3 is 30.9 Å². The number of esters is 2. The third-order valence-corrected chi connectivity index (χ3v) is 5.73. The number of alkyl halides is 1. The Kier molecular flexibility index (Phi) is 28.9. The minimum atomic E-state index is -0.636. The van der Waals surface area contributed by atoms with E-state index in [2.05, 4.69) is 68.3 Å². The van der Waals surface area contributed by atoms with Crippen LogP contribution in [0, 0.1) is 0 Å². The Morgan fingerprint density at radius 3 is 1.84 bits per heavy atom. The van der Waals surface area contributed by atoms with Crippen molar-refractivity contribution in [2.45, 2.75) is 11.9 Å². The number of halogens is 2. The molecule has 0 radical (unpaired) electrons. The normalized spacial score (nSPS) is 8.75. The Hall–Kier alpha value is -1.06. The van der Waals surface area contributed by atoms with Gasteiger partial charge in [-0.1, -0.05) is 76.6 Å². The molecule has 0 aliphatic carbocycles. The van der Waals surface area contributed by atoms with E-state index in [4.69, 9.17) is 19.9 Å². The van der Waals surface area contributed by atoms with Gasteiger partial charge in [-0.15, -0.1) is 0 Å². The molecule has 0 saturated heterocycles. The van der Waals surface area contributed by atoms with Crippen molar-refractivity contribution in [1.82, 2.24) is 9.97 Å². The Morgan fingerprint density at radius 1 is 0.864 bits per heavy atom. The molecule has 15 heteroatoms. The summed E-state index contributed by atoms with van der Waals surface area (Å²) in [5.41, 5.74) is 2.44. The maximum absolute atomic E-state index is 11.6. The van der Waals surface area contributed by atoms with Crippen LogP contribution in [0.2, 0.25) is 0 Å². The molecular weight excluding hydrogens is 758 g/mol. The number of pyridine rings is 2. The van der Waals surface area contributed by atoms with E-state index in [0.29, 0.717) is 17.0 Å². The van der Waals surface area contributed by atoms with Gasteiger partial charge in [0.2, 0.25) is 0 Å². The monoisotopic (exact) mass is 784 g/mol. The number of ether oxygens (including phenoxy) is 3. The molecule has 4 aromatic rings. The molecule has 0 saturated carbocycles. The Bertz CT molecular complexity index is 1380. The van der Waals surface area contributed by atoms with Gasteiger partial charge in [-0.25, -0.2) is 19.6 Å². The summed E-state index contributed by atoms with van der Waals surface area (Å²) in [6, 6.07) is 26.3. The minimum absolute atomic E-state index is 0. The number of rotatable bonds is 7. The first-order chi connectivity index (χ1) is 20.3. The van der Waals surface area contributed by atoms with E-state index in [0.717, 1.165) is 10.9 Å². The van der Waals surface area contributed by atoms with E-state index in [1.807, 2.05) is 48.5 Å². The van der Waals surface area contributed by atoms with Crippen LogP contribution in [0.3, 0.4) is 0 Å². The molecule has 0 amide bonds. The second-order valence-electron chi connectivity index (χ2n) is 7.42. The summed E-state index contributed by atoms with van der Waals surface area (Å²) < 4.78 is 15.2. The third-order valence-electron chi connectivity index (χ3n) is 4.64. The fourth-order valence-corrected chi connectivity index (χ4v) is 3.42. The average molecular weight is 787 g/mol. The van der Waals surface area contributed by atoms with Gasteiger partial charge in [0.1, 0.15) is 17.0 Å². The summed E-state index contributed by atoms with van der Waals surface area (Å²) in [6.07, 6.45) is 1.41. The number of benzene rings is 2. The SMILES string of the molecule is BrCc1ccccc1.COC(=O)c1nc(Br)ccc1OCc1ccccc1.COC(=O)c1ncccc1O.O=CO[O-].[H-].[K+].[K+]. The summed E-state index contributed by atoms with van der Waals surface area (Å²) in [4.78, 5) is 41.3. The first-order valence-electron chi connectivity index (χ1n) is 11.8. The number of aromatic hydroxyl groups is 1. The number of aromatic nitrogens is 2. The summed E-state index contributed by atoms with van der Waals surface area (Å²) in [5, 5.41) is 18.4. The predicted molar refractivity (Wildman–Crippen MR) is 159 cm³/mol. The number of hydrogen-bond donors (Lipinski definition) is 1. The van der Waals surface area contributed by atoms with Crippen LogP contribution in [0.5, 0.6) is 11.5 Å². The fourth-order valence-electron chi connectivity index (χ4n) is 2.74. The second-order valence-corrected chi connectivity index (χ2v) is 8.79. The molecule has 11 nitrogen and oxygen atoms in total. The zero-order chi connectivity index (χ0) is 31.2. The average Bonchev–Trinajstić information content (AvgIpc) is 3.05. The van der Waals surface area contributed by atoms with Crippen molar-refractivity contribution in [2.75, 3.05) is 14.2 Å².